The highest BCUT2D eigenvalue weighted by Crippen LogP contribution is 2.26. The van der Waals surface area contributed by atoms with E-state index in [0.717, 1.165) is 28.6 Å². The maximum absolute atomic E-state index is 11.7. The van der Waals surface area contributed by atoms with Crippen LogP contribution >= 0.6 is 15.9 Å². The molecule has 1 aromatic carbocycles. The summed E-state index contributed by atoms with van der Waals surface area (Å²) in [7, 11) is 0. The lowest BCUT2D eigenvalue weighted by Gasteiger charge is -2.08. The molecule has 0 aliphatic carbocycles. The number of Topliss-reactive ketones (excluding diaryl/α,β-unsaturated/α-hetero) is 1. The van der Waals surface area contributed by atoms with E-state index in [2.05, 4.69) is 22.9 Å². The summed E-state index contributed by atoms with van der Waals surface area (Å²) in [5.74, 6) is 0.986. The van der Waals surface area contributed by atoms with Crippen LogP contribution in [0, 0.1) is 0 Å². The Morgan fingerprint density at radius 1 is 1.31 bits per heavy atom. The minimum atomic E-state index is 0.185. The average Bonchev–Trinajstić information content (AvgIpc) is 2.27. The Bertz CT molecular complexity index is 361. The highest BCUT2D eigenvalue weighted by molar-refractivity contribution is 9.10. The monoisotopic (exact) mass is 284 g/mol. The summed E-state index contributed by atoms with van der Waals surface area (Å²) >= 11 is 3.42. The maximum atomic E-state index is 11.7. The molecule has 88 valence electrons. The molecule has 0 aliphatic rings. The van der Waals surface area contributed by atoms with Gasteiger partial charge < -0.3 is 4.74 Å². The van der Waals surface area contributed by atoms with Crippen LogP contribution in [-0.4, -0.2) is 12.4 Å². The lowest BCUT2D eigenvalue weighted by molar-refractivity contribution is 0.0981. The van der Waals surface area contributed by atoms with Crippen molar-refractivity contribution in [1.29, 1.82) is 0 Å². The summed E-state index contributed by atoms with van der Waals surface area (Å²) in [5, 5.41) is 0. The SMILES string of the molecule is CCCOc1ccc(C(=O)CCC)cc1Br. The van der Waals surface area contributed by atoms with Gasteiger partial charge in [0.05, 0.1) is 11.1 Å². The van der Waals surface area contributed by atoms with Crippen molar-refractivity contribution in [3.63, 3.8) is 0 Å². The number of hydrogen-bond donors (Lipinski definition) is 0. The standard InChI is InChI=1S/C13H17BrO2/c1-3-5-12(15)10-6-7-13(11(14)9-10)16-8-4-2/h6-7,9H,3-5,8H2,1-2H3. The van der Waals surface area contributed by atoms with Crippen molar-refractivity contribution in [2.24, 2.45) is 0 Å². The predicted molar refractivity (Wildman–Crippen MR) is 69.2 cm³/mol. The molecule has 0 N–H and O–H groups in total. The first-order chi connectivity index (χ1) is 7.69. The van der Waals surface area contributed by atoms with E-state index in [-0.39, 0.29) is 5.78 Å². The van der Waals surface area contributed by atoms with Crippen LogP contribution in [0.2, 0.25) is 0 Å². The first-order valence-corrected chi connectivity index (χ1v) is 6.43. The number of ether oxygens (including phenoxy) is 1. The van der Waals surface area contributed by atoms with Crippen LogP contribution in [0.1, 0.15) is 43.5 Å². The average molecular weight is 285 g/mol. The Morgan fingerprint density at radius 3 is 2.62 bits per heavy atom. The summed E-state index contributed by atoms with van der Waals surface area (Å²) in [6.45, 7) is 4.76. The topological polar surface area (TPSA) is 26.3 Å². The minimum Gasteiger partial charge on any atom is -0.492 e. The first kappa shape index (κ1) is 13.2. The number of hydrogen-bond acceptors (Lipinski definition) is 2. The predicted octanol–water partition coefficient (Wildman–Crippen LogP) is 4.22. The van der Waals surface area contributed by atoms with Crippen molar-refractivity contribution in [1.82, 2.24) is 0 Å². The number of carbonyl (C=O) groups excluding carboxylic acids is 1. The molecule has 3 heteroatoms. The number of ketones is 1. The fourth-order valence-electron chi connectivity index (χ4n) is 1.37. The molecule has 0 spiro atoms. The lowest BCUT2D eigenvalue weighted by atomic mass is 10.1. The highest BCUT2D eigenvalue weighted by Gasteiger charge is 2.08. The quantitative estimate of drug-likeness (QED) is 0.731. The Morgan fingerprint density at radius 2 is 2.06 bits per heavy atom. The van der Waals surface area contributed by atoms with Gasteiger partial charge in [0.25, 0.3) is 0 Å². The van der Waals surface area contributed by atoms with E-state index in [9.17, 15) is 4.79 Å². The van der Waals surface area contributed by atoms with Crippen LogP contribution in [0.15, 0.2) is 22.7 Å². The lowest BCUT2D eigenvalue weighted by Crippen LogP contribution is -2.00. The molecule has 0 bridgehead atoms. The normalized spacial score (nSPS) is 10.2. The van der Waals surface area contributed by atoms with Gasteiger partial charge in [0.15, 0.2) is 5.78 Å². The third-order valence-corrected chi connectivity index (χ3v) is 2.81. The molecule has 0 radical (unpaired) electrons. The number of halogens is 1. The van der Waals surface area contributed by atoms with E-state index < -0.39 is 0 Å². The Hall–Kier alpha value is -0.830. The van der Waals surface area contributed by atoms with E-state index in [1.165, 1.54) is 0 Å². The molecular weight excluding hydrogens is 268 g/mol. The largest absolute Gasteiger partial charge is 0.492 e. The highest BCUT2D eigenvalue weighted by atomic mass is 79.9. The zero-order valence-corrected chi connectivity index (χ0v) is 11.3. The van der Waals surface area contributed by atoms with Crippen molar-refractivity contribution < 1.29 is 9.53 Å². The molecule has 0 saturated carbocycles. The zero-order valence-electron chi connectivity index (χ0n) is 9.75. The minimum absolute atomic E-state index is 0.185. The second-order valence-electron chi connectivity index (χ2n) is 3.67. The summed E-state index contributed by atoms with van der Waals surface area (Å²) in [5.41, 5.74) is 0.748. The summed E-state index contributed by atoms with van der Waals surface area (Å²) in [6.07, 6.45) is 2.45. The van der Waals surface area contributed by atoms with Gasteiger partial charge in [0.2, 0.25) is 0 Å². The van der Waals surface area contributed by atoms with E-state index >= 15 is 0 Å². The second kappa shape index (κ2) is 6.69. The van der Waals surface area contributed by atoms with Gasteiger partial charge in [-0.2, -0.15) is 0 Å². The molecule has 16 heavy (non-hydrogen) atoms. The van der Waals surface area contributed by atoms with Gasteiger partial charge in [0, 0.05) is 12.0 Å². The number of carbonyl (C=O) groups is 1. The van der Waals surface area contributed by atoms with Crippen molar-refractivity contribution in [3.05, 3.63) is 28.2 Å². The van der Waals surface area contributed by atoms with Crippen LogP contribution in [0.3, 0.4) is 0 Å². The van der Waals surface area contributed by atoms with E-state index in [4.69, 9.17) is 4.74 Å². The van der Waals surface area contributed by atoms with Crippen LogP contribution < -0.4 is 4.74 Å². The van der Waals surface area contributed by atoms with E-state index in [1.54, 1.807) is 0 Å². The smallest absolute Gasteiger partial charge is 0.162 e. The summed E-state index contributed by atoms with van der Waals surface area (Å²) in [4.78, 5) is 11.7. The fraction of sp³-hybridized carbons (Fsp3) is 0.462. The molecular formula is C13H17BrO2. The summed E-state index contributed by atoms with van der Waals surface area (Å²) in [6, 6.07) is 5.51. The van der Waals surface area contributed by atoms with Gasteiger partial charge in [-0.1, -0.05) is 13.8 Å². The molecule has 0 atom stereocenters. The third kappa shape index (κ3) is 3.63. The summed E-state index contributed by atoms with van der Waals surface area (Å²) < 4.78 is 6.37. The van der Waals surface area contributed by atoms with Gasteiger partial charge in [-0.15, -0.1) is 0 Å². The Balaban J connectivity index is 2.78. The van der Waals surface area contributed by atoms with Gasteiger partial charge in [-0.25, -0.2) is 0 Å². The number of rotatable bonds is 6. The Labute approximate surface area is 105 Å². The second-order valence-corrected chi connectivity index (χ2v) is 4.52. The molecule has 1 aromatic rings. The molecule has 1 rings (SSSR count). The van der Waals surface area contributed by atoms with E-state index in [0.29, 0.717) is 13.0 Å². The number of benzene rings is 1. The zero-order chi connectivity index (χ0) is 12.0. The van der Waals surface area contributed by atoms with E-state index in [1.807, 2.05) is 25.1 Å². The molecule has 0 aromatic heterocycles. The van der Waals surface area contributed by atoms with Gasteiger partial charge in [-0.3, -0.25) is 4.79 Å². The van der Waals surface area contributed by atoms with Gasteiger partial charge >= 0.3 is 0 Å². The Kier molecular flexibility index (Phi) is 5.53. The molecule has 0 fully saturated rings. The molecule has 0 heterocycles. The van der Waals surface area contributed by atoms with Crippen LogP contribution in [0.4, 0.5) is 0 Å². The van der Waals surface area contributed by atoms with Gasteiger partial charge in [-0.05, 0) is 47.0 Å². The van der Waals surface area contributed by atoms with Crippen LogP contribution in [0.25, 0.3) is 0 Å². The molecule has 0 saturated heterocycles. The van der Waals surface area contributed by atoms with Crippen LogP contribution in [0.5, 0.6) is 5.75 Å². The fourth-order valence-corrected chi connectivity index (χ4v) is 1.87. The van der Waals surface area contributed by atoms with Crippen molar-refractivity contribution >= 4 is 21.7 Å². The van der Waals surface area contributed by atoms with Crippen molar-refractivity contribution in [2.45, 2.75) is 33.1 Å². The van der Waals surface area contributed by atoms with Crippen molar-refractivity contribution in [3.8, 4) is 5.75 Å². The molecule has 0 unspecified atom stereocenters. The molecule has 0 aliphatic heterocycles. The van der Waals surface area contributed by atoms with Gasteiger partial charge in [0.1, 0.15) is 5.75 Å². The first-order valence-electron chi connectivity index (χ1n) is 5.64. The molecule has 2 nitrogen and oxygen atoms in total. The maximum Gasteiger partial charge on any atom is 0.162 e. The third-order valence-electron chi connectivity index (χ3n) is 2.19. The van der Waals surface area contributed by atoms with Crippen LogP contribution in [-0.2, 0) is 0 Å². The molecule has 0 amide bonds. The van der Waals surface area contributed by atoms with Crippen molar-refractivity contribution in [2.75, 3.05) is 6.61 Å².